The Morgan fingerprint density at radius 1 is 0.800 bits per heavy atom. The van der Waals surface area contributed by atoms with Crippen LogP contribution in [-0.4, -0.2) is 37.4 Å². The van der Waals surface area contributed by atoms with Gasteiger partial charge in [0.1, 0.15) is 17.2 Å². The van der Waals surface area contributed by atoms with E-state index in [1.54, 1.807) is 27.7 Å². The highest BCUT2D eigenvalue weighted by Crippen LogP contribution is 2.33. The molecule has 0 fully saturated rings. The average Bonchev–Trinajstić information content (AvgIpc) is 2.00. The van der Waals surface area contributed by atoms with Crippen LogP contribution in [0.25, 0.3) is 0 Å². The van der Waals surface area contributed by atoms with Crippen molar-refractivity contribution in [3.05, 3.63) is 0 Å². The lowest BCUT2D eigenvalue weighted by Crippen LogP contribution is -2.66. The van der Waals surface area contributed by atoms with E-state index >= 15 is 0 Å². The number of hydrogen-bond acceptors (Lipinski definition) is 4. The monoisotopic (exact) mass is 219 g/mol. The molecule has 0 heterocycles. The van der Waals surface area contributed by atoms with Gasteiger partial charge in [-0.3, -0.25) is 0 Å². The largest absolute Gasteiger partial charge is 0.376 e. The first-order chi connectivity index (χ1) is 6.49. The van der Waals surface area contributed by atoms with Crippen LogP contribution >= 0.6 is 0 Å². The lowest BCUT2D eigenvalue weighted by atomic mass is 9.99. The molecule has 0 aromatic heterocycles. The fourth-order valence-electron chi connectivity index (χ4n) is 2.01. The summed E-state index contributed by atoms with van der Waals surface area (Å²) in [6.45, 7) is 9.92. The summed E-state index contributed by atoms with van der Waals surface area (Å²) in [5.74, 6) is 0. The molecule has 3 N–H and O–H groups in total. The third kappa shape index (κ3) is 3.41. The van der Waals surface area contributed by atoms with E-state index in [9.17, 15) is 15.3 Å². The number of aliphatic hydroxyl groups is 3. The maximum Gasteiger partial charge on any atom is 0.119 e. The van der Waals surface area contributed by atoms with Crippen LogP contribution in [0.2, 0.25) is 0 Å². The van der Waals surface area contributed by atoms with Crippen LogP contribution in [0.5, 0.6) is 0 Å². The Morgan fingerprint density at radius 2 is 1.07 bits per heavy atom. The minimum Gasteiger partial charge on any atom is -0.376 e. The van der Waals surface area contributed by atoms with Crippen molar-refractivity contribution in [3.8, 4) is 0 Å². The van der Waals surface area contributed by atoms with Gasteiger partial charge < -0.3 is 15.3 Å². The van der Waals surface area contributed by atoms with Crippen molar-refractivity contribution in [1.29, 1.82) is 0 Å². The Balaban J connectivity index is 5.27. The molecule has 4 nitrogen and oxygen atoms in total. The fourth-order valence-corrected chi connectivity index (χ4v) is 2.01. The third-order valence-electron chi connectivity index (χ3n) is 2.85. The van der Waals surface area contributed by atoms with Gasteiger partial charge in [0.25, 0.3) is 0 Å². The van der Waals surface area contributed by atoms with Crippen LogP contribution in [0.3, 0.4) is 0 Å². The van der Waals surface area contributed by atoms with Crippen molar-refractivity contribution in [1.82, 2.24) is 4.90 Å². The third-order valence-corrected chi connectivity index (χ3v) is 2.85. The van der Waals surface area contributed by atoms with Crippen molar-refractivity contribution in [2.75, 3.05) is 0 Å². The molecule has 0 aliphatic carbocycles. The summed E-state index contributed by atoms with van der Waals surface area (Å²) in [5.41, 5.74) is -3.76. The minimum absolute atomic E-state index is 0.424. The van der Waals surface area contributed by atoms with Crippen LogP contribution in [-0.2, 0) is 0 Å². The molecule has 0 bridgehead atoms. The van der Waals surface area contributed by atoms with Crippen LogP contribution < -0.4 is 0 Å². The first-order valence-electron chi connectivity index (χ1n) is 5.46. The molecule has 0 rings (SSSR count). The molecule has 4 heteroatoms. The van der Waals surface area contributed by atoms with E-state index in [-0.39, 0.29) is 0 Å². The molecule has 0 saturated carbocycles. The van der Waals surface area contributed by atoms with E-state index in [0.29, 0.717) is 12.8 Å². The molecular formula is C11H25NO3. The molecule has 0 radical (unpaired) electrons. The molecular weight excluding hydrogens is 194 g/mol. The van der Waals surface area contributed by atoms with Gasteiger partial charge in [0.05, 0.1) is 0 Å². The van der Waals surface area contributed by atoms with Crippen molar-refractivity contribution in [2.24, 2.45) is 0 Å². The van der Waals surface area contributed by atoms with Gasteiger partial charge in [-0.2, -0.15) is 0 Å². The quantitative estimate of drug-likeness (QED) is 0.609. The molecule has 0 aliphatic rings. The Bertz CT molecular complexity index is 190. The highest BCUT2D eigenvalue weighted by atomic mass is 16.4. The van der Waals surface area contributed by atoms with Crippen molar-refractivity contribution < 1.29 is 15.3 Å². The Hall–Kier alpha value is -0.160. The topological polar surface area (TPSA) is 63.9 Å². The van der Waals surface area contributed by atoms with Gasteiger partial charge in [-0.1, -0.05) is 13.8 Å². The van der Waals surface area contributed by atoms with E-state index in [1.165, 1.54) is 4.90 Å². The van der Waals surface area contributed by atoms with Crippen LogP contribution in [0.4, 0.5) is 0 Å². The van der Waals surface area contributed by atoms with Gasteiger partial charge >= 0.3 is 0 Å². The Morgan fingerprint density at radius 3 is 1.20 bits per heavy atom. The van der Waals surface area contributed by atoms with E-state index in [1.807, 2.05) is 13.8 Å². The summed E-state index contributed by atoms with van der Waals surface area (Å²) in [7, 11) is 0. The number of hydrogen-bond donors (Lipinski definition) is 3. The highest BCUT2D eigenvalue weighted by molar-refractivity contribution is 4.88. The maximum absolute atomic E-state index is 10.2. The second-order valence-corrected chi connectivity index (χ2v) is 4.97. The summed E-state index contributed by atoms with van der Waals surface area (Å²) in [5, 5.41) is 30.4. The van der Waals surface area contributed by atoms with Crippen LogP contribution in [0.15, 0.2) is 0 Å². The Labute approximate surface area is 92.5 Å². The molecule has 2 unspecified atom stereocenters. The second kappa shape index (κ2) is 4.37. The zero-order valence-electron chi connectivity index (χ0n) is 10.7. The second-order valence-electron chi connectivity index (χ2n) is 4.97. The standard InChI is InChI=1S/C11H25NO3/c1-7-10(5,14)12(9(3,4)13)11(6,15)8-2/h13-15H,7-8H2,1-6H3. The summed E-state index contributed by atoms with van der Waals surface area (Å²) in [6.07, 6.45) is 0.848. The lowest BCUT2D eigenvalue weighted by molar-refractivity contribution is -0.301. The van der Waals surface area contributed by atoms with Crippen LogP contribution in [0, 0.1) is 0 Å². The summed E-state index contributed by atoms with van der Waals surface area (Å²) in [4.78, 5) is 1.34. The van der Waals surface area contributed by atoms with Crippen LogP contribution in [0.1, 0.15) is 54.4 Å². The summed E-state index contributed by atoms with van der Waals surface area (Å²) >= 11 is 0. The predicted octanol–water partition coefficient (Wildman–Crippen LogP) is 1.25. The van der Waals surface area contributed by atoms with Gasteiger partial charge in [-0.15, -0.1) is 0 Å². The summed E-state index contributed by atoms with van der Waals surface area (Å²) < 4.78 is 0. The number of rotatable bonds is 5. The van der Waals surface area contributed by atoms with Gasteiger partial charge in [-0.05, 0) is 40.5 Å². The van der Waals surface area contributed by atoms with Crippen molar-refractivity contribution in [3.63, 3.8) is 0 Å². The first kappa shape index (κ1) is 14.8. The lowest BCUT2D eigenvalue weighted by Gasteiger charge is -2.51. The molecule has 0 spiro atoms. The van der Waals surface area contributed by atoms with E-state index in [2.05, 4.69) is 0 Å². The molecule has 92 valence electrons. The molecule has 0 amide bonds. The van der Waals surface area contributed by atoms with Crippen molar-refractivity contribution in [2.45, 2.75) is 71.6 Å². The maximum atomic E-state index is 10.2. The highest BCUT2D eigenvalue weighted by Gasteiger charge is 2.46. The molecule has 15 heavy (non-hydrogen) atoms. The molecule has 0 aromatic rings. The molecule has 0 saturated heterocycles. The van der Waals surface area contributed by atoms with Gasteiger partial charge in [-0.25, -0.2) is 4.90 Å². The zero-order valence-corrected chi connectivity index (χ0v) is 10.7. The van der Waals surface area contributed by atoms with Crippen molar-refractivity contribution >= 4 is 0 Å². The van der Waals surface area contributed by atoms with Gasteiger partial charge in [0.15, 0.2) is 0 Å². The minimum atomic E-state index is -1.28. The average molecular weight is 219 g/mol. The molecule has 0 aliphatic heterocycles. The zero-order chi connectivity index (χ0) is 12.5. The normalized spacial score (nSPS) is 21.2. The summed E-state index contributed by atoms with van der Waals surface area (Å²) in [6, 6.07) is 0. The van der Waals surface area contributed by atoms with E-state index in [4.69, 9.17) is 0 Å². The van der Waals surface area contributed by atoms with Gasteiger partial charge in [0, 0.05) is 0 Å². The Kier molecular flexibility index (Phi) is 4.33. The van der Waals surface area contributed by atoms with Gasteiger partial charge in [0.2, 0.25) is 0 Å². The number of nitrogens with zero attached hydrogens (tertiary/aromatic N) is 1. The SMILES string of the molecule is CCC(C)(O)N(C(C)(C)O)C(C)(O)CC. The fraction of sp³-hybridized carbons (Fsp3) is 1.00. The smallest absolute Gasteiger partial charge is 0.119 e. The predicted molar refractivity (Wildman–Crippen MR) is 60.0 cm³/mol. The molecule has 2 atom stereocenters. The van der Waals surface area contributed by atoms with E-state index < -0.39 is 17.2 Å². The first-order valence-corrected chi connectivity index (χ1v) is 5.46. The molecule has 0 aromatic carbocycles. The van der Waals surface area contributed by atoms with E-state index in [0.717, 1.165) is 0 Å².